The molecule has 0 bridgehead atoms. The summed E-state index contributed by atoms with van der Waals surface area (Å²) >= 11 is 0. The van der Waals surface area contributed by atoms with Gasteiger partial charge in [0.25, 0.3) is 0 Å². The Morgan fingerprint density at radius 3 is 3.21 bits per heavy atom. The SMILES string of the molecule is O=C(Cc1coc2cc(F)ccc12)Nc1cn[nH]c1C1CCNC1. The minimum absolute atomic E-state index is 0.157. The summed E-state index contributed by atoms with van der Waals surface area (Å²) in [6.45, 7) is 1.84. The van der Waals surface area contributed by atoms with Gasteiger partial charge in [0.15, 0.2) is 0 Å². The minimum atomic E-state index is -0.360. The van der Waals surface area contributed by atoms with E-state index in [1.807, 2.05) is 0 Å². The van der Waals surface area contributed by atoms with Crippen molar-refractivity contribution in [3.05, 3.63) is 47.7 Å². The number of benzene rings is 1. The van der Waals surface area contributed by atoms with Gasteiger partial charge in [0.05, 0.1) is 30.3 Å². The molecular formula is C17H17FN4O2. The molecule has 1 unspecified atom stereocenters. The fourth-order valence-electron chi connectivity index (χ4n) is 3.17. The van der Waals surface area contributed by atoms with Crippen molar-refractivity contribution in [2.24, 2.45) is 0 Å². The predicted molar refractivity (Wildman–Crippen MR) is 87.3 cm³/mol. The Hall–Kier alpha value is -2.67. The zero-order valence-electron chi connectivity index (χ0n) is 12.9. The molecule has 0 aliphatic carbocycles. The number of carbonyl (C=O) groups is 1. The normalized spacial score (nSPS) is 17.5. The summed E-state index contributed by atoms with van der Waals surface area (Å²) in [6.07, 6.45) is 4.31. The zero-order valence-corrected chi connectivity index (χ0v) is 12.9. The second-order valence-corrected chi connectivity index (χ2v) is 6.01. The fourth-order valence-corrected chi connectivity index (χ4v) is 3.17. The molecule has 124 valence electrons. The van der Waals surface area contributed by atoms with E-state index in [0.717, 1.165) is 36.2 Å². The van der Waals surface area contributed by atoms with Gasteiger partial charge in [0.2, 0.25) is 5.91 Å². The molecule has 2 aromatic heterocycles. The Balaban J connectivity index is 1.49. The highest BCUT2D eigenvalue weighted by Gasteiger charge is 2.22. The van der Waals surface area contributed by atoms with Gasteiger partial charge in [-0.1, -0.05) is 0 Å². The number of halogens is 1. The van der Waals surface area contributed by atoms with Gasteiger partial charge in [-0.05, 0) is 25.1 Å². The molecule has 3 N–H and O–H groups in total. The monoisotopic (exact) mass is 328 g/mol. The van der Waals surface area contributed by atoms with Crippen molar-refractivity contribution in [3.8, 4) is 0 Å². The fraction of sp³-hybridized carbons (Fsp3) is 0.294. The van der Waals surface area contributed by atoms with Crippen LogP contribution in [-0.2, 0) is 11.2 Å². The van der Waals surface area contributed by atoms with E-state index in [1.54, 1.807) is 12.3 Å². The van der Waals surface area contributed by atoms with Crippen molar-refractivity contribution >= 4 is 22.6 Å². The molecule has 0 radical (unpaired) electrons. The Labute approximate surface area is 137 Å². The Kier molecular flexibility index (Phi) is 3.78. The number of fused-ring (bicyclic) bond motifs is 1. The molecule has 1 amide bonds. The van der Waals surface area contributed by atoms with Crippen molar-refractivity contribution in [1.29, 1.82) is 0 Å². The highest BCUT2D eigenvalue weighted by atomic mass is 19.1. The number of carbonyl (C=O) groups excluding carboxylic acids is 1. The Bertz CT molecular complexity index is 880. The number of H-pyrrole nitrogens is 1. The average molecular weight is 328 g/mol. The number of aromatic nitrogens is 2. The van der Waals surface area contributed by atoms with Crippen molar-refractivity contribution < 1.29 is 13.6 Å². The Morgan fingerprint density at radius 2 is 2.38 bits per heavy atom. The van der Waals surface area contributed by atoms with Crippen molar-refractivity contribution in [2.45, 2.75) is 18.8 Å². The molecule has 0 saturated carbocycles. The van der Waals surface area contributed by atoms with Gasteiger partial charge in [-0.25, -0.2) is 4.39 Å². The van der Waals surface area contributed by atoms with E-state index >= 15 is 0 Å². The van der Waals surface area contributed by atoms with Crippen LogP contribution in [0.25, 0.3) is 11.0 Å². The predicted octanol–water partition coefficient (Wildman–Crippen LogP) is 2.55. The minimum Gasteiger partial charge on any atom is -0.464 e. The summed E-state index contributed by atoms with van der Waals surface area (Å²) in [5.74, 6) is -0.183. The topological polar surface area (TPSA) is 83.0 Å². The third-order valence-electron chi connectivity index (χ3n) is 4.38. The molecule has 1 aliphatic heterocycles. The van der Waals surface area contributed by atoms with Crippen LogP contribution in [0, 0.1) is 5.82 Å². The average Bonchev–Trinajstić information content (AvgIpc) is 3.28. The van der Waals surface area contributed by atoms with Gasteiger partial charge >= 0.3 is 0 Å². The van der Waals surface area contributed by atoms with E-state index in [0.29, 0.717) is 17.2 Å². The van der Waals surface area contributed by atoms with Gasteiger partial charge < -0.3 is 15.1 Å². The molecule has 24 heavy (non-hydrogen) atoms. The third-order valence-corrected chi connectivity index (χ3v) is 4.38. The number of hydrogen-bond acceptors (Lipinski definition) is 4. The molecule has 3 heterocycles. The summed E-state index contributed by atoms with van der Waals surface area (Å²) in [6, 6.07) is 4.31. The first-order valence-corrected chi connectivity index (χ1v) is 7.90. The van der Waals surface area contributed by atoms with Crippen LogP contribution in [0.3, 0.4) is 0 Å². The van der Waals surface area contributed by atoms with Crippen LogP contribution in [0.4, 0.5) is 10.1 Å². The number of hydrogen-bond donors (Lipinski definition) is 3. The summed E-state index contributed by atoms with van der Waals surface area (Å²) in [7, 11) is 0. The first-order valence-electron chi connectivity index (χ1n) is 7.90. The molecule has 4 rings (SSSR count). The van der Waals surface area contributed by atoms with E-state index in [1.165, 1.54) is 18.4 Å². The molecule has 1 aromatic carbocycles. The summed E-state index contributed by atoms with van der Waals surface area (Å²) in [5.41, 5.74) is 2.84. The van der Waals surface area contributed by atoms with E-state index in [2.05, 4.69) is 20.8 Å². The largest absolute Gasteiger partial charge is 0.464 e. The maximum absolute atomic E-state index is 13.2. The van der Waals surface area contributed by atoms with E-state index in [4.69, 9.17) is 4.42 Å². The van der Waals surface area contributed by atoms with Crippen LogP contribution in [0.15, 0.2) is 35.1 Å². The molecular weight excluding hydrogens is 311 g/mol. The van der Waals surface area contributed by atoms with E-state index < -0.39 is 0 Å². The van der Waals surface area contributed by atoms with Gasteiger partial charge in [-0.2, -0.15) is 5.10 Å². The summed E-state index contributed by atoms with van der Waals surface area (Å²) < 4.78 is 18.5. The standard InChI is InChI=1S/C17H17FN4O2/c18-12-1-2-13-11(9-24-15(13)6-12)5-16(23)21-14-8-20-22-17(14)10-3-4-19-7-10/h1-2,6,8-10,19H,3-5,7H2,(H,20,22)(H,21,23). The zero-order chi connectivity index (χ0) is 16.5. The number of nitrogens with zero attached hydrogens (tertiary/aromatic N) is 1. The molecule has 6 nitrogen and oxygen atoms in total. The molecule has 0 spiro atoms. The number of aromatic amines is 1. The van der Waals surface area contributed by atoms with Gasteiger partial charge in [0.1, 0.15) is 11.4 Å². The molecule has 7 heteroatoms. The lowest BCUT2D eigenvalue weighted by Crippen LogP contribution is -2.16. The van der Waals surface area contributed by atoms with Gasteiger partial charge in [0, 0.05) is 29.5 Å². The molecule has 3 aromatic rings. The Morgan fingerprint density at radius 1 is 1.46 bits per heavy atom. The van der Waals surface area contributed by atoms with Gasteiger partial charge in [-0.15, -0.1) is 0 Å². The van der Waals surface area contributed by atoms with Crippen LogP contribution >= 0.6 is 0 Å². The number of nitrogens with one attached hydrogen (secondary N) is 3. The third kappa shape index (κ3) is 2.78. The number of furan rings is 1. The van der Waals surface area contributed by atoms with Crippen LogP contribution < -0.4 is 10.6 Å². The number of rotatable bonds is 4. The lowest BCUT2D eigenvalue weighted by Gasteiger charge is -2.10. The maximum atomic E-state index is 13.2. The van der Waals surface area contributed by atoms with Crippen molar-refractivity contribution in [2.75, 3.05) is 18.4 Å². The molecule has 1 saturated heterocycles. The van der Waals surface area contributed by atoms with Crippen molar-refractivity contribution in [3.63, 3.8) is 0 Å². The lowest BCUT2D eigenvalue weighted by molar-refractivity contribution is -0.115. The van der Waals surface area contributed by atoms with Gasteiger partial charge in [-0.3, -0.25) is 9.89 Å². The molecule has 1 atom stereocenters. The highest BCUT2D eigenvalue weighted by molar-refractivity contribution is 5.95. The number of amides is 1. The van der Waals surface area contributed by atoms with E-state index in [-0.39, 0.29) is 18.1 Å². The lowest BCUT2D eigenvalue weighted by atomic mass is 10.0. The van der Waals surface area contributed by atoms with Crippen LogP contribution in [0.5, 0.6) is 0 Å². The van der Waals surface area contributed by atoms with Crippen LogP contribution in [0.2, 0.25) is 0 Å². The maximum Gasteiger partial charge on any atom is 0.229 e. The highest BCUT2D eigenvalue weighted by Crippen LogP contribution is 2.27. The molecule has 1 aliphatic rings. The number of anilines is 1. The van der Waals surface area contributed by atoms with Crippen LogP contribution in [-0.4, -0.2) is 29.2 Å². The first kappa shape index (κ1) is 14.9. The smallest absolute Gasteiger partial charge is 0.229 e. The summed E-state index contributed by atoms with van der Waals surface area (Å²) in [5, 5.41) is 14.0. The van der Waals surface area contributed by atoms with Crippen molar-refractivity contribution in [1.82, 2.24) is 15.5 Å². The quantitative estimate of drug-likeness (QED) is 0.687. The van der Waals surface area contributed by atoms with Crippen LogP contribution in [0.1, 0.15) is 23.6 Å². The van der Waals surface area contributed by atoms with E-state index in [9.17, 15) is 9.18 Å². The molecule has 1 fully saturated rings. The second-order valence-electron chi connectivity index (χ2n) is 6.01. The second kappa shape index (κ2) is 6.09. The first-order chi connectivity index (χ1) is 11.7. The summed E-state index contributed by atoms with van der Waals surface area (Å²) in [4.78, 5) is 12.4.